The molecule has 4 rings (SSSR count). The number of amides is 2. The Labute approximate surface area is 198 Å². The van der Waals surface area contributed by atoms with E-state index in [1.165, 1.54) is 4.90 Å². The van der Waals surface area contributed by atoms with E-state index < -0.39 is 11.8 Å². The maximum atomic E-state index is 13.6. The van der Waals surface area contributed by atoms with Crippen molar-refractivity contribution < 1.29 is 23.8 Å². The van der Waals surface area contributed by atoms with Gasteiger partial charge in [-0.3, -0.25) is 9.59 Å². The Morgan fingerprint density at radius 2 is 1.50 bits per heavy atom. The van der Waals surface area contributed by atoms with Crippen LogP contribution < -0.4 is 24.4 Å². The van der Waals surface area contributed by atoms with Gasteiger partial charge in [-0.15, -0.1) is 0 Å². The van der Waals surface area contributed by atoms with Crippen molar-refractivity contribution in [3.8, 4) is 17.2 Å². The van der Waals surface area contributed by atoms with Gasteiger partial charge in [0.2, 0.25) is 0 Å². The van der Waals surface area contributed by atoms with E-state index in [0.717, 1.165) is 5.56 Å². The zero-order valence-corrected chi connectivity index (χ0v) is 19.5. The van der Waals surface area contributed by atoms with E-state index in [-0.39, 0.29) is 11.3 Å². The number of rotatable bonds is 8. The molecule has 2 amide bonds. The lowest BCUT2D eigenvalue weighted by molar-refractivity contribution is -0.120. The highest BCUT2D eigenvalue weighted by Gasteiger charge is 2.40. The molecule has 0 fully saturated rings. The van der Waals surface area contributed by atoms with E-state index in [1.54, 1.807) is 62.8 Å². The van der Waals surface area contributed by atoms with Gasteiger partial charge in [0.15, 0.2) is 0 Å². The number of hydrogen-bond donors (Lipinski definition) is 1. The number of methoxy groups -OCH3 is 2. The monoisotopic (exact) mass is 458 g/mol. The van der Waals surface area contributed by atoms with Gasteiger partial charge in [-0.05, 0) is 73.5 Å². The van der Waals surface area contributed by atoms with Crippen LogP contribution in [0.4, 0.5) is 11.4 Å². The van der Waals surface area contributed by atoms with Crippen LogP contribution in [0.3, 0.4) is 0 Å². The van der Waals surface area contributed by atoms with Crippen molar-refractivity contribution in [2.45, 2.75) is 13.8 Å². The van der Waals surface area contributed by atoms with Crippen LogP contribution >= 0.6 is 0 Å². The fourth-order valence-electron chi connectivity index (χ4n) is 3.82. The third kappa shape index (κ3) is 4.32. The Bertz CT molecular complexity index is 1250. The van der Waals surface area contributed by atoms with E-state index in [4.69, 9.17) is 14.2 Å². The third-order valence-electron chi connectivity index (χ3n) is 5.48. The predicted octanol–water partition coefficient (Wildman–Crippen LogP) is 4.81. The Morgan fingerprint density at radius 1 is 0.824 bits per heavy atom. The van der Waals surface area contributed by atoms with Crippen LogP contribution in [0.25, 0.3) is 5.57 Å². The number of nitrogens with zero attached hydrogens (tertiary/aromatic N) is 1. The first kappa shape index (κ1) is 22.9. The predicted molar refractivity (Wildman–Crippen MR) is 131 cm³/mol. The van der Waals surface area contributed by atoms with Crippen molar-refractivity contribution in [2.75, 3.05) is 31.0 Å². The number of nitrogens with one attached hydrogen (secondary N) is 1. The minimum atomic E-state index is -0.455. The van der Waals surface area contributed by atoms with Crippen LogP contribution in [0, 0.1) is 6.92 Å². The van der Waals surface area contributed by atoms with Gasteiger partial charge in [0.05, 0.1) is 37.8 Å². The minimum Gasteiger partial charge on any atom is -0.497 e. The van der Waals surface area contributed by atoms with Crippen LogP contribution in [0.15, 0.2) is 72.4 Å². The summed E-state index contributed by atoms with van der Waals surface area (Å²) in [5.74, 6) is 1.000. The molecular weight excluding hydrogens is 432 g/mol. The molecule has 1 heterocycles. The number of carbonyl (C=O) groups is 2. The maximum absolute atomic E-state index is 13.6. The fraction of sp³-hybridized carbons (Fsp3) is 0.185. The summed E-state index contributed by atoms with van der Waals surface area (Å²) in [5.41, 5.74) is 3.07. The van der Waals surface area contributed by atoms with Gasteiger partial charge in [0, 0.05) is 0 Å². The summed E-state index contributed by atoms with van der Waals surface area (Å²) in [4.78, 5) is 28.4. The second-order valence-electron chi connectivity index (χ2n) is 7.68. The standard InChI is InChI=1S/C27H26N2O5/c1-5-34-21-13-9-19(10-14-21)29-26(30)24(18-7-11-20(32-3)12-8-18)25(27(29)31)28-22-16-17(2)6-15-23(22)33-4/h6-16,28H,5H2,1-4H3. The molecule has 3 aromatic rings. The SMILES string of the molecule is CCOc1ccc(N2C(=O)C(Nc3cc(C)ccc3OC)=C(c3ccc(OC)cc3)C2=O)cc1. The van der Waals surface area contributed by atoms with Crippen LogP contribution in [0.1, 0.15) is 18.1 Å². The Kier molecular flexibility index (Phi) is 6.54. The first-order valence-corrected chi connectivity index (χ1v) is 10.9. The quantitative estimate of drug-likeness (QED) is 0.489. The molecule has 0 spiro atoms. The smallest absolute Gasteiger partial charge is 0.282 e. The molecule has 0 saturated heterocycles. The van der Waals surface area contributed by atoms with Gasteiger partial charge in [-0.25, -0.2) is 4.90 Å². The third-order valence-corrected chi connectivity index (χ3v) is 5.48. The molecule has 0 unspecified atom stereocenters. The van der Waals surface area contributed by atoms with Gasteiger partial charge in [0.25, 0.3) is 11.8 Å². The average Bonchev–Trinajstić information content (AvgIpc) is 3.09. The second-order valence-corrected chi connectivity index (χ2v) is 7.68. The summed E-state index contributed by atoms with van der Waals surface area (Å²) in [5, 5.41) is 3.18. The lowest BCUT2D eigenvalue weighted by Gasteiger charge is -2.16. The van der Waals surface area contributed by atoms with Crippen molar-refractivity contribution in [2.24, 2.45) is 0 Å². The van der Waals surface area contributed by atoms with E-state index in [2.05, 4.69) is 5.32 Å². The molecule has 0 aromatic heterocycles. The van der Waals surface area contributed by atoms with Crippen LogP contribution in [0.2, 0.25) is 0 Å². The van der Waals surface area contributed by atoms with Crippen molar-refractivity contribution in [1.29, 1.82) is 0 Å². The Hall–Kier alpha value is -4.26. The summed E-state index contributed by atoms with van der Waals surface area (Å²) < 4.78 is 16.2. The zero-order valence-electron chi connectivity index (χ0n) is 19.5. The summed E-state index contributed by atoms with van der Waals surface area (Å²) >= 11 is 0. The van der Waals surface area contributed by atoms with Gasteiger partial charge in [-0.1, -0.05) is 18.2 Å². The molecular formula is C27H26N2O5. The molecule has 7 nitrogen and oxygen atoms in total. The zero-order chi connectivity index (χ0) is 24.2. The molecule has 34 heavy (non-hydrogen) atoms. The molecule has 7 heteroatoms. The highest BCUT2D eigenvalue weighted by molar-refractivity contribution is 6.46. The summed E-state index contributed by atoms with van der Waals surface area (Å²) in [7, 11) is 3.13. The topological polar surface area (TPSA) is 77.1 Å². The van der Waals surface area contributed by atoms with Gasteiger partial charge in [-0.2, -0.15) is 0 Å². The lowest BCUT2D eigenvalue weighted by atomic mass is 10.0. The fourth-order valence-corrected chi connectivity index (χ4v) is 3.82. The molecule has 1 N–H and O–H groups in total. The van der Waals surface area contributed by atoms with Gasteiger partial charge < -0.3 is 19.5 Å². The van der Waals surface area contributed by atoms with Crippen LogP contribution in [-0.4, -0.2) is 32.6 Å². The number of imide groups is 1. The molecule has 0 radical (unpaired) electrons. The highest BCUT2D eigenvalue weighted by Crippen LogP contribution is 2.36. The van der Waals surface area contributed by atoms with E-state index in [1.807, 2.05) is 32.0 Å². The van der Waals surface area contributed by atoms with Crippen molar-refractivity contribution in [1.82, 2.24) is 0 Å². The summed E-state index contributed by atoms with van der Waals surface area (Å²) in [6.45, 7) is 4.36. The summed E-state index contributed by atoms with van der Waals surface area (Å²) in [6.07, 6.45) is 0. The first-order chi connectivity index (χ1) is 16.5. The highest BCUT2D eigenvalue weighted by atomic mass is 16.5. The molecule has 0 bridgehead atoms. The van der Waals surface area contributed by atoms with Crippen LogP contribution in [-0.2, 0) is 9.59 Å². The molecule has 1 aliphatic rings. The van der Waals surface area contributed by atoms with E-state index in [0.29, 0.717) is 40.8 Å². The average molecular weight is 459 g/mol. The Balaban J connectivity index is 1.80. The molecule has 0 atom stereocenters. The number of anilines is 2. The van der Waals surface area contributed by atoms with Crippen LogP contribution in [0.5, 0.6) is 17.2 Å². The first-order valence-electron chi connectivity index (χ1n) is 10.9. The van der Waals surface area contributed by atoms with Crippen molar-refractivity contribution in [3.05, 3.63) is 83.6 Å². The molecule has 174 valence electrons. The van der Waals surface area contributed by atoms with Gasteiger partial charge in [0.1, 0.15) is 22.9 Å². The van der Waals surface area contributed by atoms with E-state index in [9.17, 15) is 9.59 Å². The Morgan fingerprint density at radius 3 is 2.12 bits per heavy atom. The maximum Gasteiger partial charge on any atom is 0.282 e. The van der Waals surface area contributed by atoms with Crippen molar-refractivity contribution in [3.63, 3.8) is 0 Å². The van der Waals surface area contributed by atoms with Gasteiger partial charge >= 0.3 is 0 Å². The number of aryl methyl sites for hydroxylation is 1. The molecule has 0 saturated carbocycles. The number of ether oxygens (including phenoxy) is 3. The molecule has 3 aromatic carbocycles. The number of benzene rings is 3. The summed E-state index contributed by atoms with van der Waals surface area (Å²) in [6, 6.07) is 19.5. The number of carbonyl (C=O) groups excluding carboxylic acids is 2. The second kappa shape index (κ2) is 9.70. The van der Waals surface area contributed by atoms with Crippen molar-refractivity contribution >= 4 is 28.8 Å². The minimum absolute atomic E-state index is 0.174. The number of hydrogen-bond acceptors (Lipinski definition) is 6. The lowest BCUT2D eigenvalue weighted by Crippen LogP contribution is -2.32. The normalized spacial score (nSPS) is 13.4. The molecule has 0 aliphatic carbocycles. The van der Waals surface area contributed by atoms with E-state index >= 15 is 0 Å². The largest absolute Gasteiger partial charge is 0.497 e. The molecule has 1 aliphatic heterocycles.